The second-order valence-electron chi connectivity index (χ2n) is 8.33. The fraction of sp³-hybridized carbons (Fsp3) is 0.111. The molecule has 2 amide bonds. The molecule has 1 aromatic heterocycles. The minimum absolute atomic E-state index is 0.214. The number of amides is 2. The second-order valence-corrected chi connectivity index (χ2v) is 8.33. The molecule has 8 heteroatoms. The molecule has 0 unspecified atom stereocenters. The molecule has 0 atom stereocenters. The molecule has 35 heavy (non-hydrogen) atoms. The van der Waals surface area contributed by atoms with Gasteiger partial charge in [-0.15, -0.1) is 0 Å². The van der Waals surface area contributed by atoms with Crippen molar-refractivity contribution < 1.29 is 19.1 Å². The number of H-pyrrole nitrogens is 1. The number of benzene rings is 3. The largest absolute Gasteiger partial charge is 0.497 e. The Bertz CT molecular complexity index is 1470. The number of hydrogen-bond donors (Lipinski definition) is 3. The SMILES string of the molecule is COc1ccc2[nH]cc(C=C3Oc4ccc(NC(=O)Nc5ccc(N(C)C)cc5)cc4C3=O)c2c1. The summed E-state index contributed by atoms with van der Waals surface area (Å²) in [6, 6.07) is 17.8. The summed E-state index contributed by atoms with van der Waals surface area (Å²) in [5, 5.41) is 6.48. The lowest BCUT2D eigenvalue weighted by molar-refractivity contribution is 0.101. The third kappa shape index (κ3) is 4.41. The Morgan fingerprint density at radius 2 is 1.74 bits per heavy atom. The molecule has 0 bridgehead atoms. The monoisotopic (exact) mass is 468 g/mol. The van der Waals surface area contributed by atoms with Crippen molar-refractivity contribution in [1.29, 1.82) is 0 Å². The number of Topliss-reactive ketones (excluding diaryl/α,β-unsaturated/α-hetero) is 1. The van der Waals surface area contributed by atoms with E-state index in [9.17, 15) is 9.59 Å². The van der Waals surface area contributed by atoms with Crippen molar-refractivity contribution in [1.82, 2.24) is 4.98 Å². The first-order valence-corrected chi connectivity index (χ1v) is 11.0. The average Bonchev–Trinajstić information content (AvgIpc) is 3.39. The van der Waals surface area contributed by atoms with Gasteiger partial charge in [0, 0.05) is 53.8 Å². The van der Waals surface area contributed by atoms with Gasteiger partial charge < -0.3 is 30.0 Å². The number of nitrogens with one attached hydrogen (secondary N) is 3. The van der Waals surface area contributed by atoms with Gasteiger partial charge in [-0.25, -0.2) is 4.79 Å². The first kappa shape index (κ1) is 22.1. The third-order valence-electron chi connectivity index (χ3n) is 5.77. The van der Waals surface area contributed by atoms with E-state index in [1.165, 1.54) is 0 Å². The number of urea groups is 1. The van der Waals surface area contributed by atoms with E-state index in [0.29, 0.717) is 22.7 Å². The molecule has 0 fully saturated rings. The lowest BCUT2D eigenvalue weighted by atomic mass is 10.1. The maximum Gasteiger partial charge on any atom is 0.323 e. The highest BCUT2D eigenvalue weighted by molar-refractivity contribution is 6.16. The van der Waals surface area contributed by atoms with E-state index in [4.69, 9.17) is 9.47 Å². The van der Waals surface area contributed by atoms with Crippen molar-refractivity contribution in [3.8, 4) is 11.5 Å². The van der Waals surface area contributed by atoms with Crippen LogP contribution in [0.4, 0.5) is 21.9 Å². The van der Waals surface area contributed by atoms with Gasteiger partial charge in [0.15, 0.2) is 5.76 Å². The van der Waals surface area contributed by atoms with Crippen molar-refractivity contribution in [2.75, 3.05) is 36.7 Å². The molecule has 176 valence electrons. The summed E-state index contributed by atoms with van der Waals surface area (Å²) in [4.78, 5) is 30.7. The Kier molecular flexibility index (Phi) is 5.62. The van der Waals surface area contributed by atoms with Crippen LogP contribution >= 0.6 is 0 Å². The summed E-state index contributed by atoms with van der Waals surface area (Å²) < 4.78 is 11.1. The van der Waals surface area contributed by atoms with Gasteiger partial charge in [-0.05, 0) is 66.7 Å². The number of methoxy groups -OCH3 is 1. The summed E-state index contributed by atoms with van der Waals surface area (Å²) in [5.74, 6) is 1.14. The highest BCUT2D eigenvalue weighted by atomic mass is 16.5. The van der Waals surface area contributed by atoms with E-state index in [-0.39, 0.29) is 11.5 Å². The number of ketones is 1. The van der Waals surface area contributed by atoms with E-state index < -0.39 is 6.03 Å². The number of nitrogens with zero attached hydrogens (tertiary/aromatic N) is 1. The minimum Gasteiger partial charge on any atom is -0.497 e. The van der Waals surface area contributed by atoms with Crippen LogP contribution in [0.25, 0.3) is 17.0 Å². The van der Waals surface area contributed by atoms with Crippen LogP contribution in [0.2, 0.25) is 0 Å². The van der Waals surface area contributed by atoms with Gasteiger partial charge in [-0.1, -0.05) is 0 Å². The number of aromatic amines is 1. The standard InChI is InChI=1S/C27H24N4O4/c1-31(2)19-7-4-17(5-8-19)29-27(33)30-18-6-11-24-22(13-18)26(32)25(35-24)12-16-15-28-23-10-9-20(34-3)14-21(16)23/h4-15,28H,1-3H3,(H2,29,30,33). The highest BCUT2D eigenvalue weighted by Gasteiger charge is 2.28. The Morgan fingerprint density at radius 1 is 1.00 bits per heavy atom. The molecule has 4 aromatic rings. The lowest BCUT2D eigenvalue weighted by Crippen LogP contribution is -2.19. The molecule has 8 nitrogen and oxygen atoms in total. The normalized spacial score (nSPS) is 13.5. The van der Waals surface area contributed by atoms with Crippen molar-refractivity contribution in [2.45, 2.75) is 0 Å². The quantitative estimate of drug-likeness (QED) is 0.336. The Hall–Kier alpha value is -4.72. The number of rotatable bonds is 5. The van der Waals surface area contributed by atoms with Gasteiger partial charge in [-0.3, -0.25) is 4.79 Å². The molecular weight excluding hydrogens is 444 g/mol. The number of hydrogen-bond acceptors (Lipinski definition) is 5. The van der Waals surface area contributed by atoms with Crippen molar-refractivity contribution >= 4 is 45.9 Å². The van der Waals surface area contributed by atoms with E-state index in [1.54, 1.807) is 31.4 Å². The molecule has 0 spiro atoms. The summed E-state index contributed by atoms with van der Waals surface area (Å²) in [6.07, 6.45) is 3.52. The minimum atomic E-state index is -0.405. The third-order valence-corrected chi connectivity index (χ3v) is 5.77. The van der Waals surface area contributed by atoms with Gasteiger partial charge in [0.2, 0.25) is 5.78 Å². The van der Waals surface area contributed by atoms with Gasteiger partial charge in [0.25, 0.3) is 0 Å². The zero-order valence-electron chi connectivity index (χ0n) is 19.5. The maximum atomic E-state index is 13.0. The van der Waals surface area contributed by atoms with Crippen LogP contribution in [0, 0.1) is 0 Å². The Labute approximate surface area is 202 Å². The number of ether oxygens (including phenoxy) is 2. The molecule has 3 N–H and O–H groups in total. The molecule has 1 aliphatic heterocycles. The first-order valence-electron chi connectivity index (χ1n) is 11.0. The average molecular weight is 469 g/mol. The fourth-order valence-electron chi connectivity index (χ4n) is 3.91. The molecule has 0 saturated heterocycles. The molecule has 0 aliphatic carbocycles. The number of anilines is 3. The van der Waals surface area contributed by atoms with Crippen LogP contribution in [0.5, 0.6) is 11.5 Å². The van der Waals surface area contributed by atoms with E-state index in [0.717, 1.165) is 27.9 Å². The summed E-state index contributed by atoms with van der Waals surface area (Å²) in [7, 11) is 5.51. The van der Waals surface area contributed by atoms with Crippen LogP contribution in [-0.4, -0.2) is 38.0 Å². The van der Waals surface area contributed by atoms with Crippen LogP contribution in [0.15, 0.2) is 72.6 Å². The van der Waals surface area contributed by atoms with Crippen molar-refractivity contribution in [2.24, 2.45) is 0 Å². The molecule has 5 rings (SSSR count). The number of fused-ring (bicyclic) bond motifs is 2. The smallest absolute Gasteiger partial charge is 0.323 e. The van der Waals surface area contributed by atoms with E-state index in [2.05, 4.69) is 15.6 Å². The fourth-order valence-corrected chi connectivity index (χ4v) is 3.91. The molecular formula is C27H24N4O4. The van der Waals surface area contributed by atoms with Gasteiger partial charge >= 0.3 is 6.03 Å². The Balaban J connectivity index is 1.31. The number of carbonyl (C=O) groups excluding carboxylic acids is 2. The molecule has 1 aliphatic rings. The number of aromatic nitrogens is 1. The maximum absolute atomic E-state index is 13.0. The topological polar surface area (TPSA) is 95.7 Å². The van der Waals surface area contributed by atoms with E-state index >= 15 is 0 Å². The van der Waals surface area contributed by atoms with Crippen molar-refractivity contribution in [3.63, 3.8) is 0 Å². The first-order chi connectivity index (χ1) is 16.9. The lowest BCUT2D eigenvalue weighted by Gasteiger charge is -2.13. The molecule has 0 saturated carbocycles. The van der Waals surface area contributed by atoms with Crippen LogP contribution < -0.4 is 25.0 Å². The summed E-state index contributed by atoms with van der Waals surface area (Å²) in [5.41, 5.74) is 4.31. The van der Waals surface area contributed by atoms with Gasteiger partial charge in [0.1, 0.15) is 11.5 Å². The molecule has 2 heterocycles. The predicted molar refractivity (Wildman–Crippen MR) is 138 cm³/mol. The van der Waals surface area contributed by atoms with Crippen LogP contribution in [0.3, 0.4) is 0 Å². The predicted octanol–water partition coefficient (Wildman–Crippen LogP) is 5.50. The second kappa shape index (κ2) is 8.90. The molecule has 0 radical (unpaired) electrons. The highest BCUT2D eigenvalue weighted by Crippen LogP contribution is 2.35. The van der Waals surface area contributed by atoms with Crippen LogP contribution in [-0.2, 0) is 0 Å². The number of carbonyl (C=O) groups is 2. The van der Waals surface area contributed by atoms with Crippen molar-refractivity contribution in [3.05, 3.63) is 83.7 Å². The van der Waals surface area contributed by atoms with Gasteiger partial charge in [0.05, 0.1) is 12.7 Å². The van der Waals surface area contributed by atoms with Crippen LogP contribution in [0.1, 0.15) is 15.9 Å². The molecule has 3 aromatic carbocycles. The zero-order chi connectivity index (χ0) is 24.5. The Morgan fingerprint density at radius 3 is 2.49 bits per heavy atom. The van der Waals surface area contributed by atoms with Gasteiger partial charge in [-0.2, -0.15) is 0 Å². The number of allylic oxidation sites excluding steroid dienone is 1. The van der Waals surface area contributed by atoms with E-state index in [1.807, 2.05) is 67.7 Å². The summed E-state index contributed by atoms with van der Waals surface area (Å²) >= 11 is 0. The zero-order valence-corrected chi connectivity index (χ0v) is 19.5. The summed E-state index contributed by atoms with van der Waals surface area (Å²) in [6.45, 7) is 0.